The highest BCUT2D eigenvalue weighted by Gasteiger charge is 2.27. The Bertz CT molecular complexity index is 509. The maximum absolute atomic E-state index is 12.1. The van der Waals surface area contributed by atoms with E-state index in [1.807, 2.05) is 0 Å². The van der Waals surface area contributed by atoms with Crippen LogP contribution in [0.3, 0.4) is 0 Å². The molecule has 0 unspecified atom stereocenters. The van der Waals surface area contributed by atoms with Gasteiger partial charge in [-0.05, 0) is 25.1 Å². The molecule has 110 valence electrons. The second-order valence-corrected chi connectivity index (χ2v) is 5.00. The van der Waals surface area contributed by atoms with Crippen molar-refractivity contribution >= 4 is 39.3 Å². The summed E-state index contributed by atoms with van der Waals surface area (Å²) in [6.45, 7) is 1.59. The molecule has 0 aromatic heterocycles. The fraction of sp³-hybridized carbons (Fsp3) is 0.333. The molecular formula is C12H16BrN3O4. The molecule has 0 aliphatic rings. The number of benzene rings is 1. The number of nitrogens with two attached hydrogens (primary N) is 1. The Morgan fingerprint density at radius 1 is 1.45 bits per heavy atom. The lowest BCUT2D eigenvalue weighted by atomic mass is 10.1. The molecule has 1 rings (SSSR count). The zero-order valence-electron chi connectivity index (χ0n) is 11.0. The average Bonchev–Trinajstić information content (AvgIpc) is 2.38. The van der Waals surface area contributed by atoms with Crippen molar-refractivity contribution in [1.29, 1.82) is 0 Å². The summed E-state index contributed by atoms with van der Waals surface area (Å²) in [4.78, 5) is 22.8. The van der Waals surface area contributed by atoms with Crippen LogP contribution < -0.4 is 16.4 Å². The molecule has 0 aliphatic heterocycles. The number of carbonyl (C=O) groups excluding carboxylic acids is 1. The summed E-state index contributed by atoms with van der Waals surface area (Å²) in [5, 5.41) is 13.4. The molecule has 2 atom stereocenters. The number of nitrogens with one attached hydrogen (secondary N) is 2. The SMILES string of the molecule is CO[C@H](C)[C@H](NC(=O)O)C(=O)Nc1ccc(Br)cc1N. The van der Waals surface area contributed by atoms with Crippen LogP contribution in [0.5, 0.6) is 0 Å². The van der Waals surface area contributed by atoms with Crippen molar-refractivity contribution in [2.45, 2.75) is 19.1 Å². The predicted molar refractivity (Wildman–Crippen MR) is 78.6 cm³/mol. The lowest BCUT2D eigenvalue weighted by molar-refractivity contribution is -0.120. The molecule has 0 radical (unpaired) electrons. The smallest absolute Gasteiger partial charge is 0.405 e. The van der Waals surface area contributed by atoms with E-state index in [4.69, 9.17) is 15.6 Å². The van der Waals surface area contributed by atoms with Crippen molar-refractivity contribution in [2.75, 3.05) is 18.2 Å². The lowest BCUT2D eigenvalue weighted by Gasteiger charge is -2.22. The first kappa shape index (κ1) is 16.3. The van der Waals surface area contributed by atoms with Gasteiger partial charge in [0.25, 0.3) is 0 Å². The van der Waals surface area contributed by atoms with Crippen molar-refractivity contribution in [3.63, 3.8) is 0 Å². The fourth-order valence-electron chi connectivity index (χ4n) is 1.52. The first-order valence-corrected chi connectivity index (χ1v) is 6.52. The van der Waals surface area contributed by atoms with Crippen LogP contribution in [0.4, 0.5) is 16.2 Å². The van der Waals surface area contributed by atoms with E-state index >= 15 is 0 Å². The summed E-state index contributed by atoms with van der Waals surface area (Å²) in [6.07, 6.45) is -1.93. The van der Waals surface area contributed by atoms with Crippen LogP contribution in [-0.4, -0.2) is 36.4 Å². The van der Waals surface area contributed by atoms with Crippen molar-refractivity contribution in [3.05, 3.63) is 22.7 Å². The minimum absolute atomic E-state index is 0.367. The van der Waals surface area contributed by atoms with Gasteiger partial charge in [0.15, 0.2) is 0 Å². The van der Waals surface area contributed by atoms with Crippen LogP contribution in [-0.2, 0) is 9.53 Å². The van der Waals surface area contributed by atoms with Gasteiger partial charge in [-0.3, -0.25) is 4.79 Å². The van der Waals surface area contributed by atoms with Gasteiger partial charge in [0, 0.05) is 11.6 Å². The van der Waals surface area contributed by atoms with Gasteiger partial charge in [0.2, 0.25) is 5.91 Å². The molecule has 1 aromatic carbocycles. The molecule has 7 nitrogen and oxygen atoms in total. The Morgan fingerprint density at radius 2 is 2.10 bits per heavy atom. The minimum Gasteiger partial charge on any atom is -0.465 e. The molecule has 0 spiro atoms. The highest BCUT2D eigenvalue weighted by molar-refractivity contribution is 9.10. The maximum atomic E-state index is 12.1. The Labute approximate surface area is 124 Å². The van der Waals surface area contributed by atoms with E-state index in [-0.39, 0.29) is 0 Å². The highest BCUT2D eigenvalue weighted by atomic mass is 79.9. The van der Waals surface area contributed by atoms with E-state index in [0.717, 1.165) is 4.47 Å². The van der Waals surface area contributed by atoms with Crippen molar-refractivity contribution in [2.24, 2.45) is 0 Å². The van der Waals surface area contributed by atoms with Crippen molar-refractivity contribution < 1.29 is 19.4 Å². The van der Waals surface area contributed by atoms with Crippen LogP contribution in [0.1, 0.15) is 6.92 Å². The van der Waals surface area contributed by atoms with Crippen LogP contribution in [0.15, 0.2) is 22.7 Å². The summed E-state index contributed by atoms with van der Waals surface area (Å²) >= 11 is 3.26. The fourth-order valence-corrected chi connectivity index (χ4v) is 1.90. The van der Waals surface area contributed by atoms with Gasteiger partial charge < -0.3 is 26.2 Å². The second kappa shape index (κ2) is 7.11. The van der Waals surface area contributed by atoms with E-state index in [9.17, 15) is 9.59 Å². The number of methoxy groups -OCH3 is 1. The van der Waals surface area contributed by atoms with Gasteiger partial charge in [0.05, 0.1) is 17.5 Å². The molecule has 8 heteroatoms. The van der Waals surface area contributed by atoms with Crippen LogP contribution in [0.25, 0.3) is 0 Å². The standard InChI is InChI=1S/C12H16BrN3O4/c1-6(20-2)10(16-12(18)19)11(17)15-9-4-3-7(13)5-8(9)14/h3-6,10,16H,14H2,1-2H3,(H,15,17)(H,18,19)/t6-,10+/m1/s1. The van der Waals surface area contributed by atoms with Crippen molar-refractivity contribution in [1.82, 2.24) is 5.32 Å². The number of amides is 2. The normalized spacial score (nSPS) is 13.3. The molecule has 2 amide bonds. The number of hydrogen-bond donors (Lipinski definition) is 4. The summed E-state index contributed by atoms with van der Waals surface area (Å²) in [6, 6.07) is 3.92. The number of rotatable bonds is 5. The number of carboxylic acid groups (broad SMARTS) is 1. The number of carbonyl (C=O) groups is 2. The summed E-state index contributed by atoms with van der Waals surface area (Å²) in [5.74, 6) is -0.546. The van der Waals surface area contributed by atoms with E-state index in [1.54, 1.807) is 25.1 Å². The molecule has 1 aromatic rings. The highest BCUT2D eigenvalue weighted by Crippen LogP contribution is 2.23. The molecule has 0 fully saturated rings. The largest absolute Gasteiger partial charge is 0.465 e. The van der Waals surface area contributed by atoms with Gasteiger partial charge in [-0.15, -0.1) is 0 Å². The summed E-state index contributed by atoms with van der Waals surface area (Å²) in [5.41, 5.74) is 6.54. The third kappa shape index (κ3) is 4.39. The topological polar surface area (TPSA) is 114 Å². The Kier molecular flexibility index (Phi) is 5.78. The Morgan fingerprint density at radius 3 is 2.60 bits per heavy atom. The van der Waals surface area contributed by atoms with Crippen LogP contribution in [0, 0.1) is 0 Å². The van der Waals surface area contributed by atoms with Gasteiger partial charge in [-0.2, -0.15) is 0 Å². The quantitative estimate of drug-likeness (QED) is 0.606. The summed E-state index contributed by atoms with van der Waals surface area (Å²) in [7, 11) is 1.39. The molecular weight excluding hydrogens is 330 g/mol. The third-order valence-electron chi connectivity index (χ3n) is 2.67. The second-order valence-electron chi connectivity index (χ2n) is 4.09. The van der Waals surface area contributed by atoms with Crippen LogP contribution in [0.2, 0.25) is 0 Å². The van der Waals surface area contributed by atoms with Crippen molar-refractivity contribution in [3.8, 4) is 0 Å². The average molecular weight is 346 g/mol. The molecule has 0 aliphatic carbocycles. The third-order valence-corrected chi connectivity index (χ3v) is 3.17. The number of halogens is 1. The summed E-state index contributed by atoms with van der Waals surface area (Å²) < 4.78 is 5.77. The van der Waals surface area contributed by atoms with Crippen LogP contribution >= 0.6 is 15.9 Å². The number of hydrogen-bond acceptors (Lipinski definition) is 4. The molecule has 0 saturated carbocycles. The molecule has 5 N–H and O–H groups in total. The van der Waals surface area contributed by atoms with Gasteiger partial charge in [0.1, 0.15) is 6.04 Å². The number of anilines is 2. The van der Waals surface area contributed by atoms with E-state index in [0.29, 0.717) is 11.4 Å². The maximum Gasteiger partial charge on any atom is 0.405 e. The van der Waals surface area contributed by atoms with Gasteiger partial charge in [-0.25, -0.2) is 4.79 Å². The predicted octanol–water partition coefficient (Wildman–Crippen LogP) is 1.64. The zero-order valence-corrected chi connectivity index (χ0v) is 12.6. The van der Waals surface area contributed by atoms with E-state index in [2.05, 4.69) is 26.6 Å². The van der Waals surface area contributed by atoms with Gasteiger partial charge in [-0.1, -0.05) is 15.9 Å². The number of ether oxygens (including phenoxy) is 1. The van der Waals surface area contributed by atoms with E-state index in [1.165, 1.54) is 7.11 Å². The first-order valence-electron chi connectivity index (χ1n) is 5.73. The molecule has 0 saturated heterocycles. The minimum atomic E-state index is -1.31. The molecule has 20 heavy (non-hydrogen) atoms. The lowest BCUT2D eigenvalue weighted by Crippen LogP contribution is -2.50. The van der Waals surface area contributed by atoms with E-state index < -0.39 is 24.1 Å². The number of nitrogen functional groups attached to an aromatic ring is 1. The Hall–Kier alpha value is -1.80. The molecule has 0 heterocycles. The monoisotopic (exact) mass is 345 g/mol. The molecule has 0 bridgehead atoms. The Balaban J connectivity index is 2.87. The first-order chi connectivity index (χ1) is 9.35. The zero-order chi connectivity index (χ0) is 15.3. The van der Waals surface area contributed by atoms with Gasteiger partial charge >= 0.3 is 6.09 Å².